The zero-order chi connectivity index (χ0) is 15.9. The van der Waals surface area contributed by atoms with E-state index in [4.69, 9.17) is 0 Å². The number of aryl methyl sites for hydroxylation is 3. The quantitative estimate of drug-likeness (QED) is 0.657. The van der Waals surface area contributed by atoms with E-state index in [-0.39, 0.29) is 0 Å². The van der Waals surface area contributed by atoms with Gasteiger partial charge in [0.25, 0.3) is 0 Å². The summed E-state index contributed by atoms with van der Waals surface area (Å²) in [4.78, 5) is 10.4. The highest BCUT2D eigenvalue weighted by Gasteiger charge is 2.05. The predicted octanol–water partition coefficient (Wildman–Crippen LogP) is 3.32. The number of nitrogens with zero attached hydrogens (tertiary/aromatic N) is 2. The van der Waals surface area contributed by atoms with Crippen molar-refractivity contribution in [2.75, 3.05) is 6.54 Å². The summed E-state index contributed by atoms with van der Waals surface area (Å²) in [7, 11) is 0. The predicted molar refractivity (Wildman–Crippen MR) is 94.4 cm³/mol. The van der Waals surface area contributed by atoms with E-state index in [2.05, 4.69) is 65.6 Å². The monoisotopic (exact) mass is 316 g/mol. The average Bonchev–Trinajstić information content (AvgIpc) is 2.80. The third-order valence-corrected chi connectivity index (χ3v) is 4.34. The van der Waals surface area contributed by atoms with E-state index in [1.807, 2.05) is 6.92 Å². The molecule has 0 radical (unpaired) electrons. The maximum absolute atomic E-state index is 4.66. The van der Waals surface area contributed by atoms with Crippen molar-refractivity contribution in [3.05, 3.63) is 51.0 Å². The molecule has 4 nitrogen and oxygen atoms in total. The first kappa shape index (κ1) is 16.5. The third kappa shape index (κ3) is 4.84. The van der Waals surface area contributed by atoms with Crippen molar-refractivity contribution in [1.82, 2.24) is 15.6 Å². The number of rotatable bonds is 5. The standard InChI is InChI=1S/C17H24N4S/c1-5-18-17(19-10-15-8-6-7-12(2)9-15)20-11-16-13(3)21-14(4)22-16/h6-9H,5,10-11H2,1-4H3,(H2,18,19,20). The number of nitrogens with one attached hydrogen (secondary N) is 2. The maximum atomic E-state index is 4.66. The van der Waals surface area contributed by atoms with Crippen LogP contribution in [0.2, 0.25) is 0 Å². The molecule has 0 fully saturated rings. The fourth-order valence-corrected chi connectivity index (χ4v) is 3.10. The minimum atomic E-state index is 0.678. The lowest BCUT2D eigenvalue weighted by Crippen LogP contribution is -2.36. The van der Waals surface area contributed by atoms with Crippen LogP contribution < -0.4 is 10.6 Å². The van der Waals surface area contributed by atoms with Crippen LogP contribution in [0.5, 0.6) is 0 Å². The SMILES string of the molecule is CCNC(=NCc1cccc(C)c1)NCc1sc(C)nc1C. The Bertz CT molecular complexity index is 646. The molecular formula is C17H24N4S. The molecule has 1 heterocycles. The van der Waals surface area contributed by atoms with Crippen molar-refractivity contribution in [2.24, 2.45) is 4.99 Å². The van der Waals surface area contributed by atoms with Crippen molar-refractivity contribution in [2.45, 2.75) is 40.8 Å². The number of benzene rings is 1. The molecule has 0 saturated heterocycles. The summed E-state index contributed by atoms with van der Waals surface area (Å²) in [6.45, 7) is 10.6. The lowest BCUT2D eigenvalue weighted by Gasteiger charge is -2.11. The molecule has 1 aromatic carbocycles. The molecule has 0 unspecified atom stereocenters. The Morgan fingerprint density at radius 3 is 2.68 bits per heavy atom. The van der Waals surface area contributed by atoms with Crippen LogP contribution in [-0.4, -0.2) is 17.5 Å². The molecule has 1 aromatic heterocycles. The second-order valence-corrected chi connectivity index (χ2v) is 6.57. The van der Waals surface area contributed by atoms with Gasteiger partial charge in [-0.05, 0) is 33.3 Å². The molecule has 0 aliphatic heterocycles. The minimum Gasteiger partial charge on any atom is -0.357 e. The van der Waals surface area contributed by atoms with Gasteiger partial charge in [-0.3, -0.25) is 0 Å². The van der Waals surface area contributed by atoms with Gasteiger partial charge in [0.15, 0.2) is 5.96 Å². The first-order valence-electron chi connectivity index (χ1n) is 7.59. The van der Waals surface area contributed by atoms with Crippen molar-refractivity contribution < 1.29 is 0 Å². The first-order valence-corrected chi connectivity index (χ1v) is 8.40. The van der Waals surface area contributed by atoms with Gasteiger partial charge in [-0.15, -0.1) is 11.3 Å². The molecule has 118 valence electrons. The number of guanidine groups is 1. The van der Waals surface area contributed by atoms with Gasteiger partial charge in [0.1, 0.15) is 0 Å². The Hall–Kier alpha value is -1.88. The van der Waals surface area contributed by atoms with E-state index in [9.17, 15) is 0 Å². The van der Waals surface area contributed by atoms with Crippen LogP contribution in [0.1, 0.15) is 33.6 Å². The van der Waals surface area contributed by atoms with E-state index < -0.39 is 0 Å². The summed E-state index contributed by atoms with van der Waals surface area (Å²) in [5.41, 5.74) is 3.59. The van der Waals surface area contributed by atoms with E-state index in [1.54, 1.807) is 11.3 Å². The molecule has 0 spiro atoms. The molecule has 2 N–H and O–H groups in total. The number of thiazole rings is 1. The fraction of sp³-hybridized carbons (Fsp3) is 0.412. The average molecular weight is 316 g/mol. The molecular weight excluding hydrogens is 292 g/mol. The molecule has 22 heavy (non-hydrogen) atoms. The van der Waals surface area contributed by atoms with Gasteiger partial charge in [-0.2, -0.15) is 0 Å². The molecule has 0 amide bonds. The maximum Gasteiger partial charge on any atom is 0.191 e. The van der Waals surface area contributed by atoms with Crippen LogP contribution in [-0.2, 0) is 13.1 Å². The van der Waals surface area contributed by atoms with E-state index in [0.717, 1.165) is 29.8 Å². The van der Waals surface area contributed by atoms with Crippen molar-refractivity contribution in [1.29, 1.82) is 0 Å². The zero-order valence-electron chi connectivity index (χ0n) is 13.7. The molecule has 0 atom stereocenters. The summed E-state index contributed by atoms with van der Waals surface area (Å²) in [6, 6.07) is 8.45. The summed E-state index contributed by atoms with van der Waals surface area (Å²) in [5.74, 6) is 0.842. The summed E-state index contributed by atoms with van der Waals surface area (Å²) in [6.07, 6.45) is 0. The minimum absolute atomic E-state index is 0.678. The molecule has 0 bridgehead atoms. The normalized spacial score (nSPS) is 11.5. The summed E-state index contributed by atoms with van der Waals surface area (Å²) < 4.78 is 0. The molecule has 2 rings (SSSR count). The van der Waals surface area contributed by atoms with E-state index >= 15 is 0 Å². The smallest absolute Gasteiger partial charge is 0.191 e. The third-order valence-electron chi connectivity index (χ3n) is 3.26. The highest BCUT2D eigenvalue weighted by atomic mass is 32.1. The summed E-state index contributed by atoms with van der Waals surface area (Å²) in [5, 5.41) is 7.78. The van der Waals surface area contributed by atoms with Crippen molar-refractivity contribution in [3.8, 4) is 0 Å². The van der Waals surface area contributed by atoms with Gasteiger partial charge >= 0.3 is 0 Å². The van der Waals surface area contributed by atoms with Crippen LogP contribution in [0.3, 0.4) is 0 Å². The zero-order valence-corrected chi connectivity index (χ0v) is 14.5. The molecule has 2 aromatic rings. The van der Waals surface area contributed by atoms with Gasteiger partial charge in [0.05, 0.1) is 23.8 Å². The highest BCUT2D eigenvalue weighted by Crippen LogP contribution is 2.16. The van der Waals surface area contributed by atoms with Crippen LogP contribution in [0.25, 0.3) is 0 Å². The number of hydrogen-bond acceptors (Lipinski definition) is 3. The van der Waals surface area contributed by atoms with Crippen molar-refractivity contribution >= 4 is 17.3 Å². The second-order valence-electron chi connectivity index (χ2n) is 5.28. The van der Waals surface area contributed by atoms with Gasteiger partial charge in [0.2, 0.25) is 0 Å². The Morgan fingerprint density at radius 1 is 1.23 bits per heavy atom. The van der Waals surface area contributed by atoms with Gasteiger partial charge in [-0.1, -0.05) is 29.8 Å². The topological polar surface area (TPSA) is 49.3 Å². The largest absolute Gasteiger partial charge is 0.357 e. The fourth-order valence-electron chi connectivity index (χ4n) is 2.22. The molecule has 5 heteroatoms. The Morgan fingerprint density at radius 2 is 2.05 bits per heavy atom. The Balaban J connectivity index is 1.99. The van der Waals surface area contributed by atoms with E-state index in [1.165, 1.54) is 16.0 Å². The molecule has 0 aliphatic carbocycles. The van der Waals surface area contributed by atoms with E-state index in [0.29, 0.717) is 6.54 Å². The molecule has 0 saturated carbocycles. The van der Waals surface area contributed by atoms with Crippen molar-refractivity contribution in [3.63, 3.8) is 0 Å². The van der Waals surface area contributed by atoms with Gasteiger partial charge in [-0.25, -0.2) is 9.98 Å². The lowest BCUT2D eigenvalue weighted by molar-refractivity contribution is 0.818. The van der Waals surface area contributed by atoms with Crippen LogP contribution in [0.4, 0.5) is 0 Å². The number of aromatic nitrogens is 1. The first-order chi connectivity index (χ1) is 10.6. The number of aliphatic imine (C=N–C) groups is 1. The second kappa shape index (κ2) is 7.94. The molecule has 0 aliphatic rings. The highest BCUT2D eigenvalue weighted by molar-refractivity contribution is 7.11. The Labute approximate surface area is 136 Å². The van der Waals surface area contributed by atoms with Crippen LogP contribution in [0, 0.1) is 20.8 Å². The lowest BCUT2D eigenvalue weighted by atomic mass is 10.1. The number of hydrogen-bond donors (Lipinski definition) is 2. The van der Waals surface area contributed by atoms with Gasteiger partial charge in [0, 0.05) is 11.4 Å². The van der Waals surface area contributed by atoms with Crippen LogP contribution >= 0.6 is 11.3 Å². The Kier molecular flexibility index (Phi) is 5.95. The van der Waals surface area contributed by atoms with Gasteiger partial charge < -0.3 is 10.6 Å². The van der Waals surface area contributed by atoms with Crippen LogP contribution in [0.15, 0.2) is 29.3 Å². The summed E-state index contributed by atoms with van der Waals surface area (Å²) >= 11 is 1.73.